The van der Waals surface area contributed by atoms with Crippen molar-refractivity contribution in [3.05, 3.63) is 46.7 Å². The Hall–Kier alpha value is -1.98. The second kappa shape index (κ2) is 8.06. The maximum absolute atomic E-state index is 11.9. The molecule has 33 heavy (non-hydrogen) atoms. The standard InChI is InChI=1S/C28H40O5/c1-18(9-10-20-15-21(31-7)14-19(2)24(20)29)13-22-16-26(5)11-8-12-27(26,6)28(30,32-22)17-23-25(3,4)33-23/h9,14-16,23,29-30H,8,10-13,17H2,1-7H3. The van der Waals surface area contributed by atoms with Crippen molar-refractivity contribution in [2.24, 2.45) is 10.8 Å². The molecule has 4 unspecified atom stereocenters. The highest BCUT2D eigenvalue weighted by atomic mass is 16.6. The molecule has 5 nitrogen and oxygen atoms in total. The highest BCUT2D eigenvalue weighted by Gasteiger charge is 2.66. The third-order valence-corrected chi connectivity index (χ3v) is 8.61. The number of methoxy groups -OCH3 is 1. The van der Waals surface area contributed by atoms with E-state index in [9.17, 15) is 10.2 Å². The lowest BCUT2D eigenvalue weighted by Crippen LogP contribution is -2.57. The summed E-state index contributed by atoms with van der Waals surface area (Å²) >= 11 is 0. The highest BCUT2D eigenvalue weighted by Crippen LogP contribution is 2.64. The Bertz CT molecular complexity index is 992. The summed E-state index contributed by atoms with van der Waals surface area (Å²) in [5.41, 5.74) is 2.13. The molecule has 2 aliphatic heterocycles. The number of hydrogen-bond acceptors (Lipinski definition) is 5. The molecule has 1 aliphatic carbocycles. The number of phenols is 1. The zero-order valence-electron chi connectivity index (χ0n) is 21.2. The summed E-state index contributed by atoms with van der Waals surface area (Å²) in [6.45, 7) is 12.5. The maximum Gasteiger partial charge on any atom is 0.216 e. The highest BCUT2D eigenvalue weighted by molar-refractivity contribution is 5.46. The summed E-state index contributed by atoms with van der Waals surface area (Å²) in [5.74, 6) is 0.637. The van der Waals surface area contributed by atoms with E-state index in [0.29, 0.717) is 25.0 Å². The van der Waals surface area contributed by atoms with Gasteiger partial charge in [0.25, 0.3) is 0 Å². The molecular formula is C28H40O5. The van der Waals surface area contributed by atoms with Crippen LogP contribution >= 0.6 is 0 Å². The van der Waals surface area contributed by atoms with Crippen molar-refractivity contribution in [2.75, 3.05) is 7.11 Å². The summed E-state index contributed by atoms with van der Waals surface area (Å²) in [6.07, 6.45) is 9.20. The van der Waals surface area contributed by atoms with Gasteiger partial charge in [-0.15, -0.1) is 0 Å². The number of epoxide rings is 1. The summed E-state index contributed by atoms with van der Waals surface area (Å²) in [4.78, 5) is 0. The number of benzene rings is 1. The topological polar surface area (TPSA) is 71.5 Å². The van der Waals surface area contributed by atoms with Crippen LogP contribution in [0.15, 0.2) is 35.6 Å². The molecule has 4 atom stereocenters. The second-order valence-electron chi connectivity index (χ2n) is 11.4. The number of fused-ring (bicyclic) bond motifs is 1. The first-order valence-corrected chi connectivity index (χ1v) is 12.2. The van der Waals surface area contributed by atoms with Gasteiger partial charge < -0.3 is 24.4 Å². The SMILES string of the molecule is COc1cc(C)c(O)c(CC=C(C)CC2=CC3(C)CCCC3(C)C(O)(CC3OC3(C)C)O2)c1. The number of allylic oxidation sites excluding steroid dienone is 3. The van der Waals surface area contributed by atoms with Gasteiger partial charge in [-0.3, -0.25) is 0 Å². The quantitative estimate of drug-likeness (QED) is 0.392. The lowest BCUT2D eigenvalue weighted by atomic mass is 9.60. The Labute approximate surface area is 198 Å². The van der Waals surface area contributed by atoms with E-state index >= 15 is 0 Å². The first kappa shape index (κ1) is 24.2. The van der Waals surface area contributed by atoms with Gasteiger partial charge >= 0.3 is 0 Å². The Morgan fingerprint density at radius 3 is 2.55 bits per heavy atom. The van der Waals surface area contributed by atoms with Crippen LogP contribution in [-0.4, -0.2) is 34.8 Å². The Morgan fingerprint density at radius 2 is 1.91 bits per heavy atom. The van der Waals surface area contributed by atoms with E-state index in [1.807, 2.05) is 19.1 Å². The molecule has 5 heteroatoms. The predicted molar refractivity (Wildman–Crippen MR) is 129 cm³/mol. The number of aliphatic hydroxyl groups is 1. The normalized spacial score (nSPS) is 35.0. The van der Waals surface area contributed by atoms with Gasteiger partial charge in [-0.05, 0) is 70.7 Å². The van der Waals surface area contributed by atoms with Crippen LogP contribution in [0.5, 0.6) is 11.5 Å². The van der Waals surface area contributed by atoms with Crippen LogP contribution in [0.2, 0.25) is 0 Å². The minimum absolute atomic E-state index is 0.0134. The molecule has 1 saturated heterocycles. The van der Waals surface area contributed by atoms with Gasteiger partial charge in [0.2, 0.25) is 5.79 Å². The van der Waals surface area contributed by atoms with E-state index in [0.717, 1.165) is 47.5 Å². The average Bonchev–Trinajstić information content (AvgIpc) is 3.17. The van der Waals surface area contributed by atoms with E-state index in [1.165, 1.54) is 0 Å². The fraction of sp³-hybridized carbons (Fsp3) is 0.643. The van der Waals surface area contributed by atoms with Crippen LogP contribution in [-0.2, 0) is 15.9 Å². The lowest BCUT2D eigenvalue weighted by Gasteiger charge is -2.54. The molecule has 0 spiro atoms. The fourth-order valence-electron chi connectivity index (χ4n) is 5.90. The van der Waals surface area contributed by atoms with Crippen LogP contribution in [0.1, 0.15) is 77.8 Å². The molecule has 2 N–H and O–H groups in total. The summed E-state index contributed by atoms with van der Waals surface area (Å²) in [5, 5.41) is 22.4. The number of phenolic OH excluding ortho intramolecular Hbond substituents is 1. The van der Waals surface area contributed by atoms with Gasteiger partial charge in [0.15, 0.2) is 0 Å². The monoisotopic (exact) mass is 456 g/mol. The lowest BCUT2D eigenvalue weighted by molar-refractivity contribution is -0.285. The molecule has 0 aromatic heterocycles. The van der Waals surface area contributed by atoms with Gasteiger partial charge in [-0.25, -0.2) is 0 Å². The molecule has 0 radical (unpaired) electrons. The van der Waals surface area contributed by atoms with Crippen molar-refractivity contribution in [3.8, 4) is 11.5 Å². The smallest absolute Gasteiger partial charge is 0.216 e. The number of ether oxygens (including phenoxy) is 3. The maximum atomic E-state index is 11.9. The van der Waals surface area contributed by atoms with Crippen molar-refractivity contribution in [1.82, 2.24) is 0 Å². The van der Waals surface area contributed by atoms with Gasteiger partial charge in [0.1, 0.15) is 17.3 Å². The molecule has 0 bridgehead atoms. The predicted octanol–water partition coefficient (Wildman–Crippen LogP) is 5.95. The molecular weight excluding hydrogens is 416 g/mol. The summed E-state index contributed by atoms with van der Waals surface area (Å²) in [7, 11) is 1.63. The molecule has 4 rings (SSSR count). The fourth-order valence-corrected chi connectivity index (χ4v) is 5.90. The van der Waals surface area contributed by atoms with Crippen molar-refractivity contribution in [1.29, 1.82) is 0 Å². The Kier molecular flexibility index (Phi) is 5.90. The van der Waals surface area contributed by atoms with Gasteiger partial charge in [-0.1, -0.05) is 31.9 Å². The zero-order valence-corrected chi connectivity index (χ0v) is 21.2. The summed E-state index contributed by atoms with van der Waals surface area (Å²) in [6, 6.07) is 3.71. The molecule has 1 saturated carbocycles. The molecule has 182 valence electrons. The van der Waals surface area contributed by atoms with E-state index in [2.05, 4.69) is 46.8 Å². The number of hydrogen-bond donors (Lipinski definition) is 2. The Balaban J connectivity index is 1.55. The van der Waals surface area contributed by atoms with E-state index < -0.39 is 5.79 Å². The van der Waals surface area contributed by atoms with Crippen LogP contribution in [0.25, 0.3) is 0 Å². The molecule has 1 aromatic carbocycles. The first-order chi connectivity index (χ1) is 15.3. The van der Waals surface area contributed by atoms with Gasteiger partial charge in [0, 0.05) is 29.2 Å². The van der Waals surface area contributed by atoms with Gasteiger partial charge in [-0.2, -0.15) is 0 Å². The molecule has 3 aliphatic rings. The van der Waals surface area contributed by atoms with Crippen LogP contribution in [0.4, 0.5) is 0 Å². The number of rotatable bonds is 7. The van der Waals surface area contributed by atoms with Crippen molar-refractivity contribution < 1.29 is 24.4 Å². The minimum atomic E-state index is -1.25. The Morgan fingerprint density at radius 1 is 1.21 bits per heavy atom. The molecule has 0 amide bonds. The van der Waals surface area contributed by atoms with Crippen LogP contribution in [0, 0.1) is 17.8 Å². The third-order valence-electron chi connectivity index (χ3n) is 8.61. The van der Waals surface area contributed by atoms with Crippen molar-refractivity contribution in [2.45, 2.75) is 97.6 Å². The molecule has 1 aromatic rings. The van der Waals surface area contributed by atoms with Gasteiger partial charge in [0.05, 0.1) is 18.8 Å². The van der Waals surface area contributed by atoms with E-state index in [4.69, 9.17) is 14.2 Å². The number of aryl methyl sites for hydroxylation is 1. The van der Waals surface area contributed by atoms with E-state index in [-0.39, 0.29) is 22.5 Å². The van der Waals surface area contributed by atoms with Crippen LogP contribution < -0.4 is 4.74 Å². The third kappa shape index (κ3) is 4.19. The zero-order chi connectivity index (χ0) is 24.2. The summed E-state index contributed by atoms with van der Waals surface area (Å²) < 4.78 is 17.6. The second-order valence-corrected chi connectivity index (χ2v) is 11.4. The molecule has 2 fully saturated rings. The van der Waals surface area contributed by atoms with Crippen LogP contribution in [0.3, 0.4) is 0 Å². The van der Waals surface area contributed by atoms with Crippen molar-refractivity contribution in [3.63, 3.8) is 0 Å². The molecule has 2 heterocycles. The van der Waals surface area contributed by atoms with Crippen molar-refractivity contribution >= 4 is 0 Å². The number of aromatic hydroxyl groups is 1. The first-order valence-electron chi connectivity index (χ1n) is 12.2. The van der Waals surface area contributed by atoms with E-state index in [1.54, 1.807) is 7.11 Å². The largest absolute Gasteiger partial charge is 0.507 e. The minimum Gasteiger partial charge on any atom is -0.507 e. The average molecular weight is 457 g/mol.